The molecule has 21 heavy (non-hydrogen) atoms. The lowest BCUT2D eigenvalue weighted by Crippen LogP contribution is -2.22. The molecule has 0 saturated heterocycles. The van der Waals surface area contributed by atoms with Crippen LogP contribution in [0.15, 0.2) is 35.4 Å². The molecular formula is C15H21N3O2S. The number of aryl methyl sites for hydroxylation is 1. The number of sulfonamides is 1. The number of nitrogens with zero attached hydrogens (tertiary/aromatic N) is 3. The number of aromatic nitrogens is 2. The van der Waals surface area contributed by atoms with Gasteiger partial charge in [0.25, 0.3) is 0 Å². The van der Waals surface area contributed by atoms with Crippen molar-refractivity contribution in [3.05, 3.63) is 36.2 Å². The van der Waals surface area contributed by atoms with Gasteiger partial charge in [-0.25, -0.2) is 12.7 Å². The highest BCUT2D eigenvalue weighted by Crippen LogP contribution is 2.25. The van der Waals surface area contributed by atoms with Crippen LogP contribution >= 0.6 is 0 Å². The second-order valence-corrected chi connectivity index (χ2v) is 7.67. The third-order valence-corrected chi connectivity index (χ3v) is 5.22. The van der Waals surface area contributed by atoms with Crippen molar-refractivity contribution in [1.29, 1.82) is 0 Å². The van der Waals surface area contributed by atoms with Crippen LogP contribution in [0.25, 0.3) is 11.1 Å². The van der Waals surface area contributed by atoms with E-state index in [0.29, 0.717) is 10.9 Å². The van der Waals surface area contributed by atoms with Crippen LogP contribution in [0.1, 0.15) is 25.6 Å². The largest absolute Gasteiger partial charge is 0.269 e. The SMILES string of the molecule is Cc1nn(C(C)C)cc1-c1ccc(S(=O)(=O)N(C)C)cc1. The van der Waals surface area contributed by atoms with E-state index in [0.717, 1.165) is 16.8 Å². The predicted octanol–water partition coefficient (Wildman–Crippen LogP) is 2.69. The van der Waals surface area contributed by atoms with E-state index in [1.807, 2.05) is 29.9 Å². The molecule has 0 atom stereocenters. The zero-order valence-corrected chi connectivity index (χ0v) is 13.8. The van der Waals surface area contributed by atoms with Crippen LogP contribution < -0.4 is 0 Å². The summed E-state index contributed by atoms with van der Waals surface area (Å²) >= 11 is 0. The molecular weight excluding hydrogens is 286 g/mol. The molecule has 0 amide bonds. The highest BCUT2D eigenvalue weighted by Gasteiger charge is 2.17. The Kier molecular flexibility index (Phi) is 4.20. The van der Waals surface area contributed by atoms with E-state index in [-0.39, 0.29) is 0 Å². The minimum atomic E-state index is -3.38. The molecule has 0 N–H and O–H groups in total. The molecule has 0 fully saturated rings. The fourth-order valence-corrected chi connectivity index (χ4v) is 2.95. The van der Waals surface area contributed by atoms with Crippen molar-refractivity contribution < 1.29 is 8.42 Å². The molecule has 0 bridgehead atoms. The topological polar surface area (TPSA) is 55.2 Å². The van der Waals surface area contributed by atoms with Crippen LogP contribution in [-0.4, -0.2) is 36.6 Å². The first-order chi connectivity index (χ1) is 9.73. The smallest absolute Gasteiger partial charge is 0.242 e. The van der Waals surface area contributed by atoms with E-state index in [2.05, 4.69) is 18.9 Å². The minimum Gasteiger partial charge on any atom is -0.269 e. The quantitative estimate of drug-likeness (QED) is 0.872. The Hall–Kier alpha value is -1.66. The van der Waals surface area contributed by atoms with Crippen molar-refractivity contribution in [2.75, 3.05) is 14.1 Å². The summed E-state index contributed by atoms with van der Waals surface area (Å²) in [5.74, 6) is 0. The third kappa shape index (κ3) is 3.01. The maximum absolute atomic E-state index is 12.0. The van der Waals surface area contributed by atoms with E-state index in [4.69, 9.17) is 0 Å². The van der Waals surface area contributed by atoms with Gasteiger partial charge in [-0.05, 0) is 38.5 Å². The first-order valence-corrected chi connectivity index (χ1v) is 8.26. The lowest BCUT2D eigenvalue weighted by atomic mass is 10.1. The van der Waals surface area contributed by atoms with Crippen LogP contribution in [0.4, 0.5) is 0 Å². The van der Waals surface area contributed by atoms with Crippen molar-refractivity contribution in [1.82, 2.24) is 14.1 Å². The fraction of sp³-hybridized carbons (Fsp3) is 0.400. The van der Waals surface area contributed by atoms with Gasteiger partial charge in [-0.15, -0.1) is 0 Å². The molecule has 1 heterocycles. The van der Waals surface area contributed by atoms with Gasteiger partial charge >= 0.3 is 0 Å². The lowest BCUT2D eigenvalue weighted by Gasteiger charge is -2.11. The first kappa shape index (κ1) is 15.7. The molecule has 5 nitrogen and oxygen atoms in total. The first-order valence-electron chi connectivity index (χ1n) is 6.82. The van der Waals surface area contributed by atoms with E-state index >= 15 is 0 Å². The molecule has 2 rings (SSSR count). The molecule has 6 heteroatoms. The molecule has 0 spiro atoms. The summed E-state index contributed by atoms with van der Waals surface area (Å²) in [5.41, 5.74) is 2.93. The van der Waals surface area contributed by atoms with Gasteiger partial charge in [-0.1, -0.05) is 12.1 Å². The summed E-state index contributed by atoms with van der Waals surface area (Å²) in [6, 6.07) is 7.22. The number of rotatable bonds is 4. The lowest BCUT2D eigenvalue weighted by molar-refractivity contribution is 0.521. The summed E-state index contributed by atoms with van der Waals surface area (Å²) in [6.07, 6.45) is 2.00. The summed E-state index contributed by atoms with van der Waals surface area (Å²) in [6.45, 7) is 6.10. The summed E-state index contributed by atoms with van der Waals surface area (Å²) < 4.78 is 27.2. The predicted molar refractivity (Wildman–Crippen MR) is 83.7 cm³/mol. The molecule has 0 aliphatic rings. The Morgan fingerprint density at radius 2 is 1.71 bits per heavy atom. The zero-order chi connectivity index (χ0) is 15.8. The molecule has 0 aliphatic carbocycles. The second kappa shape index (κ2) is 5.61. The zero-order valence-electron chi connectivity index (χ0n) is 13.0. The Morgan fingerprint density at radius 3 is 2.14 bits per heavy atom. The van der Waals surface area contributed by atoms with Gasteiger partial charge in [0.1, 0.15) is 0 Å². The highest BCUT2D eigenvalue weighted by atomic mass is 32.2. The van der Waals surface area contributed by atoms with Crippen molar-refractivity contribution in [2.45, 2.75) is 31.7 Å². The fourth-order valence-electron chi connectivity index (χ4n) is 2.05. The Morgan fingerprint density at radius 1 is 1.14 bits per heavy atom. The van der Waals surface area contributed by atoms with Gasteiger partial charge < -0.3 is 0 Å². The Labute approximate surface area is 126 Å². The van der Waals surface area contributed by atoms with Gasteiger partial charge in [0.2, 0.25) is 10.0 Å². The summed E-state index contributed by atoms with van der Waals surface area (Å²) in [7, 11) is -0.326. The number of hydrogen-bond acceptors (Lipinski definition) is 3. The Balaban J connectivity index is 2.40. The van der Waals surface area contributed by atoms with Crippen LogP contribution in [0.2, 0.25) is 0 Å². The van der Waals surface area contributed by atoms with E-state index in [1.54, 1.807) is 12.1 Å². The van der Waals surface area contributed by atoms with E-state index < -0.39 is 10.0 Å². The van der Waals surface area contributed by atoms with Gasteiger partial charge in [-0.2, -0.15) is 5.10 Å². The molecule has 0 saturated carbocycles. The molecule has 2 aromatic rings. The molecule has 1 aromatic heterocycles. The maximum atomic E-state index is 12.0. The van der Waals surface area contributed by atoms with Crippen molar-refractivity contribution in [3.63, 3.8) is 0 Å². The van der Waals surface area contributed by atoms with Crippen LogP contribution in [0, 0.1) is 6.92 Å². The normalized spacial score (nSPS) is 12.3. The van der Waals surface area contributed by atoms with Gasteiger partial charge in [0.15, 0.2) is 0 Å². The van der Waals surface area contributed by atoms with Gasteiger partial charge in [0, 0.05) is 31.9 Å². The molecule has 0 aliphatic heterocycles. The maximum Gasteiger partial charge on any atom is 0.242 e. The standard InChI is InChI=1S/C15H21N3O2S/c1-11(2)18-10-15(12(3)16-18)13-6-8-14(9-7-13)21(19,20)17(4)5/h6-11H,1-5H3. The van der Waals surface area contributed by atoms with Crippen molar-refractivity contribution >= 4 is 10.0 Å². The number of hydrogen-bond donors (Lipinski definition) is 0. The van der Waals surface area contributed by atoms with Gasteiger partial charge in [0.05, 0.1) is 10.6 Å². The summed E-state index contributed by atoms with van der Waals surface area (Å²) in [5, 5.41) is 4.48. The van der Waals surface area contributed by atoms with Crippen LogP contribution in [-0.2, 0) is 10.0 Å². The molecule has 1 aromatic carbocycles. The van der Waals surface area contributed by atoms with Crippen molar-refractivity contribution in [2.24, 2.45) is 0 Å². The van der Waals surface area contributed by atoms with E-state index in [1.165, 1.54) is 18.4 Å². The van der Waals surface area contributed by atoms with Crippen LogP contribution in [0.5, 0.6) is 0 Å². The minimum absolute atomic E-state index is 0.296. The van der Waals surface area contributed by atoms with Gasteiger partial charge in [-0.3, -0.25) is 4.68 Å². The Bertz CT molecular complexity index is 729. The molecule has 0 unspecified atom stereocenters. The second-order valence-electron chi connectivity index (χ2n) is 5.51. The monoisotopic (exact) mass is 307 g/mol. The van der Waals surface area contributed by atoms with Crippen molar-refractivity contribution in [3.8, 4) is 11.1 Å². The van der Waals surface area contributed by atoms with Crippen LogP contribution in [0.3, 0.4) is 0 Å². The average molecular weight is 307 g/mol. The third-order valence-electron chi connectivity index (χ3n) is 3.39. The summed E-state index contributed by atoms with van der Waals surface area (Å²) in [4.78, 5) is 0.296. The number of benzene rings is 1. The molecule has 0 radical (unpaired) electrons. The highest BCUT2D eigenvalue weighted by molar-refractivity contribution is 7.89. The molecule has 114 valence electrons. The van der Waals surface area contributed by atoms with E-state index in [9.17, 15) is 8.42 Å². The average Bonchev–Trinajstić information content (AvgIpc) is 2.81.